The smallest absolute Gasteiger partial charge is 0.258 e. The first kappa shape index (κ1) is 10.6. The molecule has 0 saturated heterocycles. The number of aromatic nitrogens is 2. The molecule has 0 radical (unpaired) electrons. The summed E-state index contributed by atoms with van der Waals surface area (Å²) >= 11 is 0. The second-order valence-corrected chi connectivity index (χ2v) is 3.47. The van der Waals surface area contributed by atoms with E-state index in [1.807, 2.05) is 31.3 Å². The van der Waals surface area contributed by atoms with Crippen LogP contribution in [-0.2, 0) is 0 Å². The van der Waals surface area contributed by atoms with Gasteiger partial charge in [0, 0.05) is 6.54 Å². The molecule has 2 aromatic rings. The lowest BCUT2D eigenvalue weighted by Gasteiger charge is -1.97. The van der Waals surface area contributed by atoms with Crippen molar-refractivity contribution in [2.24, 2.45) is 0 Å². The number of nitrogens with one attached hydrogen (secondary N) is 2. The van der Waals surface area contributed by atoms with Crippen molar-refractivity contribution in [2.75, 3.05) is 13.6 Å². The van der Waals surface area contributed by atoms with Crippen LogP contribution < -0.4 is 10.9 Å². The highest BCUT2D eigenvalue weighted by molar-refractivity contribution is 5.79. The van der Waals surface area contributed by atoms with Crippen molar-refractivity contribution in [3.63, 3.8) is 0 Å². The van der Waals surface area contributed by atoms with E-state index in [-0.39, 0.29) is 5.56 Å². The fraction of sp³-hybridized carbons (Fsp3) is 0.167. The molecule has 82 valence electrons. The number of hydrogen-bond donors (Lipinski definition) is 2. The summed E-state index contributed by atoms with van der Waals surface area (Å²) in [5, 5.41) is 3.65. The number of aromatic amines is 1. The maximum Gasteiger partial charge on any atom is 0.258 e. The Morgan fingerprint density at radius 3 is 3.19 bits per heavy atom. The van der Waals surface area contributed by atoms with E-state index in [2.05, 4.69) is 15.3 Å². The van der Waals surface area contributed by atoms with Gasteiger partial charge in [0.25, 0.3) is 5.56 Å². The van der Waals surface area contributed by atoms with Gasteiger partial charge >= 0.3 is 0 Å². The second-order valence-electron chi connectivity index (χ2n) is 3.47. The number of nitrogens with zero attached hydrogens (tertiary/aromatic N) is 1. The highest BCUT2D eigenvalue weighted by atomic mass is 16.1. The Labute approximate surface area is 93.0 Å². The number of benzene rings is 1. The molecule has 0 fully saturated rings. The summed E-state index contributed by atoms with van der Waals surface area (Å²) in [4.78, 5) is 18.1. The fourth-order valence-electron chi connectivity index (χ4n) is 1.50. The van der Waals surface area contributed by atoms with Crippen molar-refractivity contribution in [1.82, 2.24) is 15.3 Å². The number of likely N-dealkylation sites (N-methyl/N-ethyl adjacent to an activating group) is 1. The van der Waals surface area contributed by atoms with Gasteiger partial charge in [0.05, 0.1) is 17.2 Å². The molecule has 0 unspecified atom stereocenters. The molecule has 0 bridgehead atoms. The van der Waals surface area contributed by atoms with Crippen molar-refractivity contribution in [3.8, 4) is 0 Å². The summed E-state index contributed by atoms with van der Waals surface area (Å²) in [6.07, 6.45) is 5.44. The van der Waals surface area contributed by atoms with Crippen LogP contribution in [0, 0.1) is 0 Å². The highest BCUT2D eigenvalue weighted by Crippen LogP contribution is 2.10. The van der Waals surface area contributed by atoms with Gasteiger partial charge in [-0.05, 0) is 24.7 Å². The summed E-state index contributed by atoms with van der Waals surface area (Å²) in [5.74, 6) is 0. The standard InChI is InChI=1S/C12H13N3O/c1-13-6-2-3-9-4-5-10-11(7-9)14-8-15-12(10)16/h2-5,7-8,13H,6H2,1H3,(H,14,15,16). The van der Waals surface area contributed by atoms with Crippen molar-refractivity contribution < 1.29 is 0 Å². The van der Waals surface area contributed by atoms with E-state index >= 15 is 0 Å². The lowest BCUT2D eigenvalue weighted by molar-refractivity contribution is 0.922. The molecule has 4 heteroatoms. The van der Waals surface area contributed by atoms with Crippen LogP contribution in [0.3, 0.4) is 0 Å². The Hall–Kier alpha value is -1.94. The molecule has 0 aliphatic carbocycles. The fourth-order valence-corrected chi connectivity index (χ4v) is 1.50. The molecular formula is C12H13N3O. The Morgan fingerprint density at radius 1 is 1.50 bits per heavy atom. The first-order chi connectivity index (χ1) is 7.81. The quantitative estimate of drug-likeness (QED) is 0.807. The van der Waals surface area contributed by atoms with E-state index in [0.29, 0.717) is 5.39 Å². The Kier molecular flexibility index (Phi) is 3.12. The lowest BCUT2D eigenvalue weighted by atomic mass is 10.1. The van der Waals surface area contributed by atoms with E-state index in [0.717, 1.165) is 17.6 Å². The number of H-pyrrole nitrogens is 1. The van der Waals surface area contributed by atoms with Crippen molar-refractivity contribution in [3.05, 3.63) is 46.5 Å². The molecule has 2 N–H and O–H groups in total. The van der Waals surface area contributed by atoms with Crippen LogP contribution in [0.15, 0.2) is 35.4 Å². The Balaban J connectivity index is 2.41. The molecule has 1 aromatic heterocycles. The van der Waals surface area contributed by atoms with Gasteiger partial charge in [-0.2, -0.15) is 0 Å². The van der Waals surface area contributed by atoms with Gasteiger partial charge in [0.1, 0.15) is 0 Å². The van der Waals surface area contributed by atoms with Crippen LogP contribution in [0.5, 0.6) is 0 Å². The molecule has 0 amide bonds. The van der Waals surface area contributed by atoms with Crippen molar-refractivity contribution in [1.29, 1.82) is 0 Å². The molecule has 0 aliphatic rings. The van der Waals surface area contributed by atoms with Crippen molar-refractivity contribution >= 4 is 17.0 Å². The van der Waals surface area contributed by atoms with Gasteiger partial charge < -0.3 is 10.3 Å². The minimum Gasteiger partial charge on any atom is -0.316 e. The largest absolute Gasteiger partial charge is 0.316 e. The first-order valence-corrected chi connectivity index (χ1v) is 5.10. The SMILES string of the molecule is CNCC=Cc1ccc2c(=O)[nH]cnc2c1. The topological polar surface area (TPSA) is 57.8 Å². The van der Waals surface area contributed by atoms with Crippen LogP contribution in [-0.4, -0.2) is 23.6 Å². The third kappa shape index (κ3) is 2.17. The van der Waals surface area contributed by atoms with Crippen LogP contribution in [0.2, 0.25) is 0 Å². The third-order valence-corrected chi connectivity index (χ3v) is 2.30. The van der Waals surface area contributed by atoms with Crippen LogP contribution >= 0.6 is 0 Å². The van der Waals surface area contributed by atoms with Gasteiger partial charge in [0.15, 0.2) is 0 Å². The molecule has 0 saturated carbocycles. The van der Waals surface area contributed by atoms with Crippen molar-refractivity contribution in [2.45, 2.75) is 0 Å². The minimum atomic E-state index is -0.101. The summed E-state index contributed by atoms with van der Waals surface area (Å²) < 4.78 is 0. The van der Waals surface area contributed by atoms with E-state index in [1.54, 1.807) is 6.07 Å². The van der Waals surface area contributed by atoms with Gasteiger partial charge in [-0.25, -0.2) is 4.98 Å². The Bertz CT molecular complexity index is 572. The summed E-state index contributed by atoms with van der Waals surface area (Å²) in [6.45, 7) is 0.820. The van der Waals surface area contributed by atoms with E-state index in [4.69, 9.17) is 0 Å². The van der Waals surface area contributed by atoms with E-state index in [1.165, 1.54) is 6.33 Å². The summed E-state index contributed by atoms with van der Waals surface area (Å²) in [6, 6.07) is 5.60. The first-order valence-electron chi connectivity index (χ1n) is 5.10. The molecule has 0 atom stereocenters. The lowest BCUT2D eigenvalue weighted by Crippen LogP contribution is -2.06. The van der Waals surface area contributed by atoms with Gasteiger partial charge in [-0.3, -0.25) is 4.79 Å². The summed E-state index contributed by atoms with van der Waals surface area (Å²) in [5.41, 5.74) is 1.66. The molecular weight excluding hydrogens is 202 g/mol. The van der Waals surface area contributed by atoms with E-state index < -0.39 is 0 Å². The molecule has 1 aromatic carbocycles. The minimum absolute atomic E-state index is 0.101. The van der Waals surface area contributed by atoms with Gasteiger partial charge in [0.2, 0.25) is 0 Å². The third-order valence-electron chi connectivity index (χ3n) is 2.30. The zero-order valence-electron chi connectivity index (χ0n) is 9.03. The molecule has 16 heavy (non-hydrogen) atoms. The van der Waals surface area contributed by atoms with Crippen LogP contribution in [0.1, 0.15) is 5.56 Å². The predicted molar refractivity (Wildman–Crippen MR) is 65.3 cm³/mol. The molecule has 4 nitrogen and oxygen atoms in total. The molecule has 0 spiro atoms. The average Bonchev–Trinajstić information content (AvgIpc) is 2.30. The second kappa shape index (κ2) is 4.72. The van der Waals surface area contributed by atoms with Gasteiger partial charge in [-0.15, -0.1) is 0 Å². The molecule has 1 heterocycles. The number of fused-ring (bicyclic) bond motifs is 1. The van der Waals surface area contributed by atoms with Crippen LogP contribution in [0.4, 0.5) is 0 Å². The zero-order valence-corrected chi connectivity index (χ0v) is 9.03. The Morgan fingerprint density at radius 2 is 2.38 bits per heavy atom. The predicted octanol–water partition coefficient (Wildman–Crippen LogP) is 1.16. The molecule has 2 rings (SSSR count). The molecule has 0 aliphatic heterocycles. The average molecular weight is 215 g/mol. The highest BCUT2D eigenvalue weighted by Gasteiger charge is 1.98. The normalized spacial score (nSPS) is 11.3. The van der Waals surface area contributed by atoms with Crippen LogP contribution in [0.25, 0.3) is 17.0 Å². The zero-order chi connectivity index (χ0) is 11.4. The summed E-state index contributed by atoms with van der Waals surface area (Å²) in [7, 11) is 1.89. The maximum atomic E-state index is 11.4. The maximum absolute atomic E-state index is 11.4. The van der Waals surface area contributed by atoms with E-state index in [9.17, 15) is 4.79 Å². The number of rotatable bonds is 3. The van der Waals surface area contributed by atoms with Gasteiger partial charge in [-0.1, -0.05) is 18.2 Å². The number of hydrogen-bond acceptors (Lipinski definition) is 3. The monoisotopic (exact) mass is 215 g/mol.